The smallest absolute Gasteiger partial charge is 0.417 e. The van der Waals surface area contributed by atoms with Crippen LogP contribution in [0.2, 0.25) is 0 Å². The van der Waals surface area contributed by atoms with Gasteiger partial charge in [0.1, 0.15) is 18.7 Å². The highest BCUT2D eigenvalue weighted by Gasteiger charge is 2.54. The van der Waals surface area contributed by atoms with Gasteiger partial charge in [0.2, 0.25) is 11.8 Å². The summed E-state index contributed by atoms with van der Waals surface area (Å²) in [7, 11) is 0. The molecule has 11 nitrogen and oxygen atoms in total. The van der Waals surface area contributed by atoms with Crippen molar-refractivity contribution in [2.75, 3.05) is 19.7 Å². The second-order valence-electron chi connectivity index (χ2n) is 9.35. The molecule has 11 heteroatoms. The van der Waals surface area contributed by atoms with E-state index >= 15 is 0 Å². The molecule has 0 aromatic heterocycles. The summed E-state index contributed by atoms with van der Waals surface area (Å²) in [5, 5.41) is 2.63. The van der Waals surface area contributed by atoms with Gasteiger partial charge in [-0.3, -0.25) is 14.4 Å². The maximum atomic E-state index is 13.7. The SMILES string of the molecule is CCOC(=O)C1(N(C(=O)OCc2ccccc2)C(=O)[C@H](C)NC(=O)[C@@H]2CCCN2C(=O)CN)CCCC1. The Morgan fingerprint density at radius 3 is 2.41 bits per heavy atom. The number of ether oxygens (including phenoxy) is 2. The van der Waals surface area contributed by atoms with Crippen LogP contribution in [0.15, 0.2) is 30.3 Å². The summed E-state index contributed by atoms with van der Waals surface area (Å²) in [5.74, 6) is -2.33. The molecule has 2 atom stereocenters. The van der Waals surface area contributed by atoms with Gasteiger partial charge in [0.25, 0.3) is 5.91 Å². The number of hydrogen-bond acceptors (Lipinski definition) is 8. The Morgan fingerprint density at radius 2 is 1.78 bits per heavy atom. The van der Waals surface area contributed by atoms with E-state index in [0.29, 0.717) is 37.8 Å². The van der Waals surface area contributed by atoms with Crippen LogP contribution in [0, 0.1) is 0 Å². The van der Waals surface area contributed by atoms with Gasteiger partial charge >= 0.3 is 12.1 Å². The fourth-order valence-electron chi connectivity index (χ4n) is 5.02. The molecule has 0 spiro atoms. The Balaban J connectivity index is 1.83. The topological polar surface area (TPSA) is 148 Å². The quantitative estimate of drug-likeness (QED) is 0.469. The predicted octanol–water partition coefficient (Wildman–Crippen LogP) is 1.48. The highest BCUT2D eigenvalue weighted by atomic mass is 16.6. The zero-order valence-electron chi connectivity index (χ0n) is 21.4. The van der Waals surface area contributed by atoms with Crippen molar-refractivity contribution in [2.45, 2.75) is 76.6 Å². The van der Waals surface area contributed by atoms with Gasteiger partial charge in [-0.1, -0.05) is 43.2 Å². The highest BCUT2D eigenvalue weighted by molar-refractivity contribution is 6.02. The molecule has 2 fully saturated rings. The van der Waals surface area contributed by atoms with Crippen molar-refractivity contribution in [3.05, 3.63) is 35.9 Å². The third-order valence-corrected chi connectivity index (χ3v) is 6.90. The number of nitrogens with zero attached hydrogens (tertiary/aromatic N) is 2. The number of benzene rings is 1. The number of carbonyl (C=O) groups excluding carboxylic acids is 5. The second-order valence-corrected chi connectivity index (χ2v) is 9.35. The van der Waals surface area contributed by atoms with E-state index in [0.717, 1.165) is 4.90 Å². The van der Waals surface area contributed by atoms with E-state index in [9.17, 15) is 24.0 Å². The van der Waals surface area contributed by atoms with Gasteiger partial charge < -0.3 is 25.4 Å². The van der Waals surface area contributed by atoms with Crippen LogP contribution in [-0.2, 0) is 35.3 Å². The molecule has 202 valence electrons. The zero-order valence-corrected chi connectivity index (χ0v) is 21.4. The zero-order chi connectivity index (χ0) is 27.0. The molecule has 1 aromatic rings. The first-order chi connectivity index (χ1) is 17.7. The van der Waals surface area contributed by atoms with E-state index < -0.39 is 41.5 Å². The third-order valence-electron chi connectivity index (χ3n) is 6.90. The first kappa shape index (κ1) is 28.1. The van der Waals surface area contributed by atoms with Gasteiger partial charge in [0, 0.05) is 6.54 Å². The molecule has 0 bridgehead atoms. The number of nitrogens with one attached hydrogen (secondary N) is 1. The number of carbonyl (C=O) groups is 5. The van der Waals surface area contributed by atoms with Crippen molar-refractivity contribution in [1.29, 1.82) is 0 Å². The van der Waals surface area contributed by atoms with Gasteiger partial charge in [0.15, 0.2) is 5.54 Å². The first-order valence-electron chi connectivity index (χ1n) is 12.8. The van der Waals surface area contributed by atoms with Gasteiger partial charge in [-0.15, -0.1) is 0 Å². The molecule has 0 radical (unpaired) electrons. The summed E-state index contributed by atoms with van der Waals surface area (Å²) in [6.07, 6.45) is 1.80. The fourth-order valence-corrected chi connectivity index (χ4v) is 5.02. The van der Waals surface area contributed by atoms with Crippen LogP contribution in [0.5, 0.6) is 0 Å². The minimum Gasteiger partial charge on any atom is -0.464 e. The number of amides is 4. The molecular formula is C26H36N4O7. The Kier molecular flexibility index (Phi) is 9.62. The van der Waals surface area contributed by atoms with E-state index in [1.54, 1.807) is 31.2 Å². The van der Waals surface area contributed by atoms with E-state index in [-0.39, 0.29) is 38.5 Å². The molecule has 2 aliphatic rings. The van der Waals surface area contributed by atoms with Crippen molar-refractivity contribution < 1.29 is 33.4 Å². The average molecular weight is 517 g/mol. The number of imide groups is 1. The molecule has 1 heterocycles. The summed E-state index contributed by atoms with van der Waals surface area (Å²) in [6.45, 7) is 3.26. The highest BCUT2D eigenvalue weighted by Crippen LogP contribution is 2.38. The maximum absolute atomic E-state index is 13.7. The lowest BCUT2D eigenvalue weighted by Crippen LogP contribution is -2.63. The lowest BCUT2D eigenvalue weighted by molar-refractivity contribution is -0.162. The molecule has 37 heavy (non-hydrogen) atoms. The molecular weight excluding hydrogens is 480 g/mol. The van der Waals surface area contributed by atoms with Crippen LogP contribution in [0.25, 0.3) is 0 Å². The van der Waals surface area contributed by atoms with Crippen molar-refractivity contribution in [1.82, 2.24) is 15.1 Å². The number of hydrogen-bond donors (Lipinski definition) is 2. The molecule has 4 amide bonds. The Bertz CT molecular complexity index is 994. The molecule has 1 aliphatic carbocycles. The van der Waals surface area contributed by atoms with Gasteiger partial charge in [-0.05, 0) is 45.1 Å². The van der Waals surface area contributed by atoms with Gasteiger partial charge in [-0.2, -0.15) is 0 Å². The summed E-state index contributed by atoms with van der Waals surface area (Å²) < 4.78 is 10.8. The van der Waals surface area contributed by atoms with Gasteiger partial charge in [-0.25, -0.2) is 14.5 Å². The minimum absolute atomic E-state index is 0.0840. The van der Waals surface area contributed by atoms with Gasteiger partial charge in [0.05, 0.1) is 13.2 Å². The molecule has 1 saturated carbocycles. The van der Waals surface area contributed by atoms with Crippen LogP contribution in [0.3, 0.4) is 0 Å². The average Bonchev–Trinajstić information content (AvgIpc) is 3.59. The van der Waals surface area contributed by atoms with Crippen LogP contribution in [0.1, 0.15) is 57.9 Å². The number of likely N-dealkylation sites (tertiary alicyclic amines) is 1. The largest absolute Gasteiger partial charge is 0.464 e. The molecule has 3 N–H and O–H groups in total. The number of rotatable bonds is 9. The minimum atomic E-state index is -1.52. The molecule has 1 saturated heterocycles. The molecule has 1 aromatic carbocycles. The van der Waals surface area contributed by atoms with Crippen molar-refractivity contribution in [2.24, 2.45) is 5.73 Å². The van der Waals surface area contributed by atoms with Crippen molar-refractivity contribution >= 4 is 29.8 Å². The fraction of sp³-hybridized carbons (Fsp3) is 0.577. The van der Waals surface area contributed by atoms with E-state index in [2.05, 4.69) is 5.32 Å². The standard InChI is InChI=1S/C26H36N4O7/c1-3-36-24(34)26(13-7-8-14-26)30(25(35)37-17-19-10-5-4-6-11-19)23(33)18(2)28-22(32)20-12-9-15-29(20)21(31)16-27/h4-6,10-11,18,20H,3,7-9,12-17,27H2,1-2H3,(H,28,32)/t18-,20-/m0/s1. The number of nitrogens with two attached hydrogens (primary N) is 1. The molecule has 1 aliphatic heterocycles. The second kappa shape index (κ2) is 12.7. The number of esters is 1. The van der Waals surface area contributed by atoms with E-state index in [4.69, 9.17) is 15.2 Å². The third kappa shape index (κ3) is 6.27. The Morgan fingerprint density at radius 1 is 1.11 bits per heavy atom. The first-order valence-corrected chi connectivity index (χ1v) is 12.8. The predicted molar refractivity (Wildman–Crippen MR) is 133 cm³/mol. The lowest BCUT2D eigenvalue weighted by Gasteiger charge is -2.38. The van der Waals surface area contributed by atoms with E-state index in [1.165, 1.54) is 11.8 Å². The molecule has 3 rings (SSSR count). The Labute approximate surface area is 216 Å². The molecule has 0 unspecified atom stereocenters. The summed E-state index contributed by atoms with van der Waals surface area (Å²) in [4.78, 5) is 67.6. The summed E-state index contributed by atoms with van der Waals surface area (Å²) in [6, 6.07) is 7.04. The normalized spacial score (nSPS) is 19.1. The summed E-state index contributed by atoms with van der Waals surface area (Å²) >= 11 is 0. The summed E-state index contributed by atoms with van der Waals surface area (Å²) in [5.41, 5.74) is 4.66. The van der Waals surface area contributed by atoms with Crippen molar-refractivity contribution in [3.8, 4) is 0 Å². The van der Waals surface area contributed by atoms with E-state index in [1.807, 2.05) is 6.07 Å². The van der Waals surface area contributed by atoms with Crippen LogP contribution < -0.4 is 11.1 Å². The Hall–Kier alpha value is -3.47. The van der Waals surface area contributed by atoms with Crippen LogP contribution in [-0.4, -0.2) is 76.9 Å². The lowest BCUT2D eigenvalue weighted by atomic mass is 9.94. The van der Waals surface area contributed by atoms with Crippen LogP contribution in [0.4, 0.5) is 4.79 Å². The van der Waals surface area contributed by atoms with Crippen LogP contribution >= 0.6 is 0 Å². The van der Waals surface area contributed by atoms with Crippen molar-refractivity contribution in [3.63, 3.8) is 0 Å². The maximum Gasteiger partial charge on any atom is 0.417 e. The monoisotopic (exact) mass is 516 g/mol.